The van der Waals surface area contributed by atoms with Gasteiger partial charge in [0.2, 0.25) is 0 Å². The van der Waals surface area contributed by atoms with Gasteiger partial charge in [-0.05, 0) is 83.6 Å². The summed E-state index contributed by atoms with van der Waals surface area (Å²) in [4.78, 5) is 0. The molecule has 4 heteroatoms. The molecule has 272 valence electrons. The molecule has 0 radical (unpaired) electrons. The summed E-state index contributed by atoms with van der Waals surface area (Å²) in [6, 6.07) is 47.6. The van der Waals surface area contributed by atoms with Crippen molar-refractivity contribution in [2.45, 2.75) is 19.3 Å². The summed E-state index contributed by atoms with van der Waals surface area (Å²) in [7, 11) is 0. The molecule has 0 heterocycles. The number of hydrogen-bond acceptors (Lipinski definition) is 4. The van der Waals surface area contributed by atoms with E-state index in [1.165, 1.54) is 0 Å². The molecule has 0 aliphatic heterocycles. The largest absolute Gasteiger partial charge is 0.489 e. The molecule has 0 aromatic heterocycles. The van der Waals surface area contributed by atoms with Crippen molar-refractivity contribution in [2.24, 2.45) is 0 Å². The van der Waals surface area contributed by atoms with Gasteiger partial charge in [0.25, 0.3) is 0 Å². The number of benzene rings is 6. The van der Waals surface area contributed by atoms with Gasteiger partial charge in [-0.15, -0.1) is 12.8 Å². The van der Waals surface area contributed by atoms with E-state index >= 15 is 0 Å². The topological polar surface area (TPSA) is 36.9 Å². The van der Waals surface area contributed by atoms with E-state index in [-0.39, 0.29) is 13.2 Å². The molecule has 0 fully saturated rings. The smallest absolute Gasteiger partial charge is 0.148 e. The average molecular weight is 721 g/mol. The fourth-order valence-corrected chi connectivity index (χ4v) is 6.70. The van der Waals surface area contributed by atoms with E-state index in [1.54, 1.807) is 6.08 Å². The van der Waals surface area contributed by atoms with Gasteiger partial charge in [-0.2, -0.15) is 0 Å². The van der Waals surface area contributed by atoms with Gasteiger partial charge in [0.1, 0.15) is 49.4 Å². The van der Waals surface area contributed by atoms with E-state index in [4.69, 9.17) is 31.8 Å². The van der Waals surface area contributed by atoms with Crippen LogP contribution in [-0.2, 0) is 5.41 Å². The Kier molecular flexibility index (Phi) is 12.2. The first kappa shape index (κ1) is 37.9. The van der Waals surface area contributed by atoms with Crippen LogP contribution in [0.2, 0.25) is 0 Å². The molecule has 0 amide bonds. The third-order valence-electron chi connectivity index (χ3n) is 9.49. The Morgan fingerprint density at radius 3 is 1.55 bits per heavy atom. The third kappa shape index (κ3) is 8.52. The van der Waals surface area contributed by atoms with Crippen LogP contribution in [-0.4, -0.2) is 26.4 Å². The maximum atomic E-state index is 6.27. The molecular weight excluding hydrogens is 677 g/mol. The summed E-state index contributed by atoms with van der Waals surface area (Å²) in [6.07, 6.45) is 13.0. The van der Waals surface area contributed by atoms with Crippen molar-refractivity contribution in [1.82, 2.24) is 0 Å². The Hall–Kier alpha value is -6.88. The minimum atomic E-state index is -0.692. The van der Waals surface area contributed by atoms with Crippen molar-refractivity contribution in [1.29, 1.82) is 0 Å². The van der Waals surface area contributed by atoms with Crippen LogP contribution >= 0.6 is 0 Å². The molecule has 0 spiro atoms. The molecule has 0 saturated heterocycles. The second kappa shape index (κ2) is 17.8. The molecule has 0 saturated carbocycles. The van der Waals surface area contributed by atoms with Crippen molar-refractivity contribution in [3.63, 3.8) is 0 Å². The van der Waals surface area contributed by atoms with Gasteiger partial charge in [0, 0.05) is 27.7 Å². The minimum absolute atomic E-state index is 0.121. The number of para-hydroxylation sites is 2. The lowest BCUT2D eigenvalue weighted by Gasteiger charge is -2.33. The highest BCUT2D eigenvalue weighted by Crippen LogP contribution is 2.47. The lowest BCUT2D eigenvalue weighted by Crippen LogP contribution is -2.25. The first-order valence-corrected chi connectivity index (χ1v) is 18.1. The van der Waals surface area contributed by atoms with Gasteiger partial charge in [0.05, 0.1) is 0 Å². The van der Waals surface area contributed by atoms with Crippen LogP contribution in [0.5, 0.6) is 23.0 Å². The Balaban J connectivity index is 1.60. The number of rotatable bonds is 16. The molecular formula is C51H44O4. The van der Waals surface area contributed by atoms with E-state index in [0.717, 1.165) is 61.4 Å². The van der Waals surface area contributed by atoms with E-state index in [1.807, 2.05) is 73.7 Å². The normalized spacial score (nSPS) is 11.6. The zero-order chi connectivity index (χ0) is 38.6. The summed E-state index contributed by atoms with van der Waals surface area (Å²) in [5.41, 5.74) is 9.12. The Bertz CT molecular complexity index is 2360. The first-order chi connectivity index (χ1) is 26.9. The van der Waals surface area contributed by atoms with E-state index in [0.29, 0.717) is 30.5 Å². The zero-order valence-electron chi connectivity index (χ0n) is 31.4. The second-order valence-corrected chi connectivity index (χ2v) is 13.3. The first-order valence-electron chi connectivity index (χ1n) is 18.1. The molecule has 6 rings (SSSR count). The highest BCUT2D eigenvalue weighted by Gasteiger charge is 2.34. The predicted octanol–water partition coefficient (Wildman–Crippen LogP) is 11.6. The molecule has 6 aromatic carbocycles. The molecule has 1 unspecified atom stereocenters. The molecule has 0 aliphatic rings. The number of ether oxygens (including phenoxy) is 4. The van der Waals surface area contributed by atoms with Crippen molar-refractivity contribution in [3.8, 4) is 81.1 Å². The van der Waals surface area contributed by atoms with E-state index in [2.05, 4.69) is 105 Å². The molecule has 55 heavy (non-hydrogen) atoms. The molecule has 6 aromatic rings. The molecule has 0 bridgehead atoms. The van der Waals surface area contributed by atoms with Gasteiger partial charge in [-0.3, -0.25) is 0 Å². The lowest BCUT2D eigenvalue weighted by atomic mass is 9.70. The summed E-state index contributed by atoms with van der Waals surface area (Å²) in [5, 5.41) is 0. The van der Waals surface area contributed by atoms with Gasteiger partial charge >= 0.3 is 0 Å². The second-order valence-electron chi connectivity index (χ2n) is 13.3. The quantitative estimate of drug-likeness (QED) is 0.0567. The SMILES string of the molecule is C#CCOc1ccccc1-c1cc(C(C)(c2ccc(-c3ccccc3)cc2)c2ccc(OCC#C)c(-c3ccccc3OCC(=C)C)c2)ccc1OCC=C. The monoisotopic (exact) mass is 720 g/mol. The van der Waals surface area contributed by atoms with E-state index < -0.39 is 5.41 Å². The van der Waals surface area contributed by atoms with Crippen molar-refractivity contribution in [3.05, 3.63) is 181 Å². The highest BCUT2D eigenvalue weighted by molar-refractivity contribution is 5.80. The Labute approximate surface area is 325 Å². The summed E-state index contributed by atoms with van der Waals surface area (Å²) in [6.45, 7) is 13.1. The Morgan fingerprint density at radius 2 is 1.02 bits per heavy atom. The van der Waals surface area contributed by atoms with Gasteiger partial charge in [-0.25, -0.2) is 0 Å². The molecule has 1 atom stereocenters. The van der Waals surface area contributed by atoms with Crippen LogP contribution in [0.3, 0.4) is 0 Å². The van der Waals surface area contributed by atoms with Crippen LogP contribution in [0.4, 0.5) is 0 Å². The van der Waals surface area contributed by atoms with Crippen LogP contribution < -0.4 is 18.9 Å². The van der Waals surface area contributed by atoms with Crippen LogP contribution in [0, 0.1) is 24.7 Å². The number of terminal acetylenes is 2. The fraction of sp³-hybridized carbons (Fsp3) is 0.137. The third-order valence-corrected chi connectivity index (χ3v) is 9.49. The van der Waals surface area contributed by atoms with Crippen molar-refractivity contribution in [2.75, 3.05) is 26.4 Å². The highest BCUT2D eigenvalue weighted by atomic mass is 16.5. The van der Waals surface area contributed by atoms with Crippen molar-refractivity contribution >= 4 is 0 Å². The maximum Gasteiger partial charge on any atom is 0.148 e. The maximum absolute atomic E-state index is 6.27. The van der Waals surface area contributed by atoms with Crippen LogP contribution in [0.15, 0.2) is 164 Å². The zero-order valence-corrected chi connectivity index (χ0v) is 31.4. The van der Waals surface area contributed by atoms with E-state index in [9.17, 15) is 0 Å². The molecule has 0 N–H and O–H groups in total. The Morgan fingerprint density at radius 1 is 0.564 bits per heavy atom. The fourth-order valence-electron chi connectivity index (χ4n) is 6.70. The standard InChI is InChI=1S/C51H44O4/c1-7-31-52-47-21-15-13-19-43(47)45-34-41(27-29-49(45)53-32-8-2)51(6,40-25-23-39(24-26-40)38-17-11-10-12-18-38)42-28-30-50(54-33-9-3)46(35-42)44-20-14-16-22-48(44)55-36-37(4)5/h1,3,8,10-30,34-35H,2,4,31-33,36H2,5-6H3. The minimum Gasteiger partial charge on any atom is -0.489 e. The summed E-state index contributed by atoms with van der Waals surface area (Å²) < 4.78 is 24.8. The van der Waals surface area contributed by atoms with Gasteiger partial charge in [0.15, 0.2) is 0 Å². The summed E-state index contributed by atoms with van der Waals surface area (Å²) >= 11 is 0. The number of hydrogen-bond donors (Lipinski definition) is 0. The van der Waals surface area contributed by atoms with Gasteiger partial charge < -0.3 is 18.9 Å². The van der Waals surface area contributed by atoms with Gasteiger partial charge in [-0.1, -0.05) is 134 Å². The van der Waals surface area contributed by atoms with Crippen LogP contribution in [0.25, 0.3) is 33.4 Å². The molecule has 4 nitrogen and oxygen atoms in total. The molecule has 0 aliphatic carbocycles. The van der Waals surface area contributed by atoms with Crippen molar-refractivity contribution < 1.29 is 18.9 Å². The predicted molar refractivity (Wildman–Crippen MR) is 226 cm³/mol. The average Bonchev–Trinajstić information content (AvgIpc) is 3.23. The van der Waals surface area contributed by atoms with Crippen LogP contribution in [0.1, 0.15) is 30.5 Å². The lowest BCUT2D eigenvalue weighted by molar-refractivity contribution is 0.352. The summed E-state index contributed by atoms with van der Waals surface area (Å²) in [5.74, 6) is 7.95.